The largest absolute Gasteiger partial charge is 0.486 e. The lowest BCUT2D eigenvalue weighted by molar-refractivity contribution is -0.384. The molecule has 0 spiro atoms. The molecule has 0 radical (unpaired) electrons. The summed E-state index contributed by atoms with van der Waals surface area (Å²) in [5.41, 5.74) is 4.82. The zero-order valence-corrected chi connectivity index (χ0v) is 26.3. The third-order valence-corrected chi connectivity index (χ3v) is 7.06. The van der Waals surface area contributed by atoms with Crippen molar-refractivity contribution in [3.8, 4) is 11.5 Å². The Morgan fingerprint density at radius 2 is 1.84 bits per heavy atom. The molecule has 1 amide bonds. The van der Waals surface area contributed by atoms with E-state index in [1.165, 1.54) is 30.5 Å². The van der Waals surface area contributed by atoms with Gasteiger partial charge in [-0.05, 0) is 55.4 Å². The number of nitrogens with zero attached hydrogens (tertiary/aromatic N) is 2. The third-order valence-electron chi connectivity index (χ3n) is 6.28. The second kappa shape index (κ2) is 15.3. The van der Waals surface area contributed by atoms with Crippen LogP contribution in [0.2, 0.25) is 10.0 Å². The summed E-state index contributed by atoms with van der Waals surface area (Å²) in [5.74, 6) is -0.515. The maximum Gasteiger partial charge on any atom is 0.338 e. The van der Waals surface area contributed by atoms with Crippen molar-refractivity contribution in [3.63, 3.8) is 0 Å². The molecule has 0 bridgehead atoms. The molecule has 0 saturated carbocycles. The number of thiocarbonyl (C=S) groups is 1. The van der Waals surface area contributed by atoms with Crippen molar-refractivity contribution >= 4 is 64.3 Å². The van der Waals surface area contributed by atoms with E-state index >= 15 is 0 Å². The number of halogens is 2. The zero-order valence-electron chi connectivity index (χ0n) is 24.0. The number of esters is 1. The van der Waals surface area contributed by atoms with Crippen LogP contribution >= 0.6 is 35.4 Å². The third kappa shape index (κ3) is 8.69. The molecule has 15 heteroatoms. The highest BCUT2D eigenvalue weighted by atomic mass is 35.5. The summed E-state index contributed by atoms with van der Waals surface area (Å²) < 4.78 is 16.7. The number of rotatable bonds is 12. The minimum atomic E-state index is -0.664. The first-order chi connectivity index (χ1) is 21.6. The molecule has 0 unspecified atom stereocenters. The van der Waals surface area contributed by atoms with E-state index in [2.05, 4.69) is 21.2 Å². The molecular weight excluding hydrogens is 645 g/mol. The van der Waals surface area contributed by atoms with Crippen LogP contribution in [0.3, 0.4) is 0 Å². The molecule has 0 fully saturated rings. The zero-order chi connectivity index (χ0) is 32.5. The number of para-hydroxylation sites is 1. The summed E-state index contributed by atoms with van der Waals surface area (Å²) in [4.78, 5) is 35.8. The molecular formula is C30H27Cl2N5O7S. The van der Waals surface area contributed by atoms with Gasteiger partial charge in [0.1, 0.15) is 12.4 Å². The maximum absolute atomic E-state index is 12.7. The van der Waals surface area contributed by atoms with Gasteiger partial charge in [0.25, 0.3) is 11.6 Å². The molecule has 1 heterocycles. The van der Waals surface area contributed by atoms with Crippen LogP contribution < -0.4 is 25.5 Å². The lowest BCUT2D eigenvalue weighted by Gasteiger charge is -2.30. The Morgan fingerprint density at radius 3 is 2.56 bits per heavy atom. The minimum absolute atomic E-state index is 0.00809. The van der Waals surface area contributed by atoms with Gasteiger partial charge in [-0.2, -0.15) is 5.10 Å². The number of non-ortho nitro benzene ring substituents is 1. The van der Waals surface area contributed by atoms with Crippen LogP contribution in [0.1, 0.15) is 36.6 Å². The van der Waals surface area contributed by atoms with E-state index in [1.807, 2.05) is 0 Å². The van der Waals surface area contributed by atoms with E-state index < -0.39 is 22.8 Å². The monoisotopic (exact) mass is 671 g/mol. The molecule has 45 heavy (non-hydrogen) atoms. The number of nitro benzene ring substituents is 1. The summed E-state index contributed by atoms with van der Waals surface area (Å²) in [5, 5.41) is 21.6. The average molecular weight is 673 g/mol. The maximum atomic E-state index is 12.7. The number of amides is 1. The van der Waals surface area contributed by atoms with E-state index in [9.17, 15) is 19.7 Å². The molecule has 3 aromatic rings. The minimum Gasteiger partial charge on any atom is -0.486 e. The van der Waals surface area contributed by atoms with Crippen molar-refractivity contribution in [1.29, 1.82) is 0 Å². The van der Waals surface area contributed by atoms with Gasteiger partial charge >= 0.3 is 5.97 Å². The summed E-state index contributed by atoms with van der Waals surface area (Å²) in [6.45, 7) is 3.27. The van der Waals surface area contributed by atoms with Crippen molar-refractivity contribution < 1.29 is 28.7 Å². The van der Waals surface area contributed by atoms with Crippen molar-refractivity contribution in [2.45, 2.75) is 26.5 Å². The smallest absolute Gasteiger partial charge is 0.338 e. The van der Waals surface area contributed by atoms with Crippen molar-refractivity contribution in [3.05, 3.63) is 109 Å². The summed E-state index contributed by atoms with van der Waals surface area (Å²) in [6.07, 6.45) is 1.34. The van der Waals surface area contributed by atoms with Gasteiger partial charge in [0.15, 0.2) is 17.5 Å². The first-order valence-electron chi connectivity index (χ1n) is 13.4. The molecule has 1 aliphatic rings. The number of nitrogens with one attached hydrogen (secondary N) is 3. The van der Waals surface area contributed by atoms with Gasteiger partial charge in [-0.15, -0.1) is 0 Å². The Bertz CT molecular complexity index is 1680. The molecule has 0 saturated heterocycles. The lowest BCUT2D eigenvalue weighted by Crippen LogP contribution is -2.45. The Labute approximate surface area is 273 Å². The standard InChI is InChI=1S/C30H27Cl2N5O7S/c1-3-42-29(39)26-17(2)34-30(45)35-27(26)21-9-4-5-10-24(21)43-16-25(38)36-33-14-19-12-22(31)28(23(32)13-19)44-15-18-7-6-8-20(11-18)37(40)41/h4-14,27H,3,15-16H2,1-2H3,(H,36,38)(H2,34,35,45)/t27-/m0/s1. The molecule has 4 rings (SSSR count). The highest BCUT2D eigenvalue weighted by Crippen LogP contribution is 2.35. The summed E-state index contributed by atoms with van der Waals surface area (Å²) in [6, 6.07) is 15.4. The Morgan fingerprint density at radius 1 is 1.11 bits per heavy atom. The van der Waals surface area contributed by atoms with Gasteiger partial charge in [-0.1, -0.05) is 53.5 Å². The molecule has 0 aliphatic carbocycles. The SMILES string of the molecule is CCOC(=O)C1=C(C)NC(=S)N[C@H]1c1ccccc1OCC(=O)NN=Cc1cc(Cl)c(OCc2cccc([N+](=O)[O-])c2)c(Cl)c1. The fourth-order valence-electron chi connectivity index (χ4n) is 4.32. The predicted molar refractivity (Wildman–Crippen MR) is 173 cm³/mol. The quantitative estimate of drug-likeness (QED) is 0.0753. The van der Waals surface area contributed by atoms with Gasteiger partial charge in [0.05, 0.1) is 39.4 Å². The molecule has 0 aromatic heterocycles. The van der Waals surface area contributed by atoms with Gasteiger partial charge < -0.3 is 24.8 Å². The van der Waals surface area contributed by atoms with Gasteiger partial charge in [0.2, 0.25) is 0 Å². The number of carbonyl (C=O) groups excluding carboxylic acids is 2. The van der Waals surface area contributed by atoms with Crippen molar-refractivity contribution in [1.82, 2.24) is 16.1 Å². The van der Waals surface area contributed by atoms with Crippen molar-refractivity contribution in [2.24, 2.45) is 5.10 Å². The topological polar surface area (TPSA) is 153 Å². The fraction of sp³-hybridized carbons (Fsp3) is 0.200. The Balaban J connectivity index is 1.37. The normalized spacial score (nSPS) is 14.4. The van der Waals surface area contributed by atoms with Gasteiger partial charge in [-0.3, -0.25) is 14.9 Å². The Kier molecular flexibility index (Phi) is 11.3. The first kappa shape index (κ1) is 33.2. The Hall–Kier alpha value is -4.72. The number of ether oxygens (including phenoxy) is 3. The van der Waals surface area contributed by atoms with E-state index in [0.29, 0.717) is 38.8 Å². The number of hydrazone groups is 1. The van der Waals surface area contributed by atoms with Crippen LogP contribution in [0.4, 0.5) is 5.69 Å². The lowest BCUT2D eigenvalue weighted by atomic mass is 9.95. The predicted octanol–water partition coefficient (Wildman–Crippen LogP) is 5.37. The number of hydrogen-bond acceptors (Lipinski definition) is 9. The first-order valence-corrected chi connectivity index (χ1v) is 14.6. The van der Waals surface area contributed by atoms with Gasteiger partial charge in [0, 0.05) is 23.4 Å². The number of carbonyl (C=O) groups is 2. The van der Waals surface area contributed by atoms with Crippen LogP contribution in [0, 0.1) is 10.1 Å². The molecule has 3 N–H and O–H groups in total. The highest BCUT2D eigenvalue weighted by molar-refractivity contribution is 7.80. The highest BCUT2D eigenvalue weighted by Gasteiger charge is 2.32. The number of nitro groups is 1. The van der Waals surface area contributed by atoms with Crippen LogP contribution in [0.25, 0.3) is 0 Å². The van der Waals surface area contributed by atoms with E-state index in [1.54, 1.807) is 50.2 Å². The van der Waals surface area contributed by atoms with Crippen LogP contribution in [-0.4, -0.2) is 41.3 Å². The van der Waals surface area contributed by atoms with Crippen molar-refractivity contribution in [2.75, 3.05) is 13.2 Å². The molecule has 1 aliphatic heterocycles. The van der Waals surface area contributed by atoms with Crippen LogP contribution in [0.5, 0.6) is 11.5 Å². The van der Waals surface area contributed by atoms with E-state index in [-0.39, 0.29) is 41.3 Å². The summed E-state index contributed by atoms with van der Waals surface area (Å²) in [7, 11) is 0. The second-order valence-electron chi connectivity index (χ2n) is 9.44. The second-order valence-corrected chi connectivity index (χ2v) is 10.7. The van der Waals surface area contributed by atoms with E-state index in [4.69, 9.17) is 49.6 Å². The average Bonchev–Trinajstić information content (AvgIpc) is 2.99. The van der Waals surface area contributed by atoms with Crippen LogP contribution in [0.15, 0.2) is 77.0 Å². The molecule has 3 aromatic carbocycles. The van der Waals surface area contributed by atoms with Crippen LogP contribution in [-0.2, 0) is 20.9 Å². The number of hydrogen-bond donors (Lipinski definition) is 3. The van der Waals surface area contributed by atoms with E-state index in [0.717, 1.165) is 0 Å². The molecule has 12 nitrogen and oxygen atoms in total. The molecule has 234 valence electrons. The fourth-order valence-corrected chi connectivity index (χ4v) is 5.20. The number of benzene rings is 3. The molecule has 1 atom stereocenters. The summed E-state index contributed by atoms with van der Waals surface area (Å²) >= 11 is 18.0. The van der Waals surface area contributed by atoms with Gasteiger partial charge in [-0.25, -0.2) is 10.2 Å². The number of allylic oxidation sites excluding steroid dienone is 1.